The van der Waals surface area contributed by atoms with Crippen LogP contribution in [0.4, 0.5) is 4.39 Å². The van der Waals surface area contributed by atoms with Gasteiger partial charge in [0.2, 0.25) is 0 Å². The van der Waals surface area contributed by atoms with Crippen LogP contribution in [-0.2, 0) is 4.79 Å². The molecule has 0 aliphatic heterocycles. The van der Waals surface area contributed by atoms with Crippen LogP contribution in [0.25, 0.3) is 0 Å². The highest BCUT2D eigenvalue weighted by molar-refractivity contribution is 9.10. The first kappa shape index (κ1) is 12.1. The van der Waals surface area contributed by atoms with Crippen molar-refractivity contribution in [3.05, 3.63) is 33.5 Å². The van der Waals surface area contributed by atoms with Crippen molar-refractivity contribution >= 4 is 21.9 Å². The third-order valence-electron chi connectivity index (χ3n) is 2.08. The molecule has 0 spiro atoms. The Morgan fingerprint density at radius 3 is 2.80 bits per heavy atom. The lowest BCUT2D eigenvalue weighted by Crippen LogP contribution is -2.17. The summed E-state index contributed by atoms with van der Waals surface area (Å²) in [5, 5.41) is 8.58. The van der Waals surface area contributed by atoms with Crippen molar-refractivity contribution < 1.29 is 14.3 Å². The fourth-order valence-electron chi connectivity index (χ4n) is 1.31. The van der Waals surface area contributed by atoms with Gasteiger partial charge < -0.3 is 10.8 Å². The number of aryl methyl sites for hydroxylation is 1. The van der Waals surface area contributed by atoms with E-state index >= 15 is 0 Å². The summed E-state index contributed by atoms with van der Waals surface area (Å²) in [5.74, 6) is -1.53. The lowest BCUT2D eigenvalue weighted by Gasteiger charge is -2.14. The predicted molar refractivity (Wildman–Crippen MR) is 58.0 cm³/mol. The topological polar surface area (TPSA) is 63.3 Å². The van der Waals surface area contributed by atoms with Gasteiger partial charge in [-0.25, -0.2) is 4.39 Å². The summed E-state index contributed by atoms with van der Waals surface area (Å²) in [4.78, 5) is 10.5. The molecule has 0 saturated heterocycles. The van der Waals surface area contributed by atoms with Gasteiger partial charge in [-0.15, -0.1) is 0 Å². The first-order chi connectivity index (χ1) is 6.93. The summed E-state index contributed by atoms with van der Waals surface area (Å²) in [6, 6.07) is 2.06. The largest absolute Gasteiger partial charge is 0.481 e. The molecule has 3 N–H and O–H groups in total. The smallest absolute Gasteiger partial charge is 0.305 e. The van der Waals surface area contributed by atoms with Gasteiger partial charge in [-0.3, -0.25) is 4.79 Å². The molecule has 0 radical (unpaired) electrons. The summed E-state index contributed by atoms with van der Waals surface area (Å²) < 4.78 is 14.0. The third-order valence-corrected chi connectivity index (χ3v) is 3.14. The second kappa shape index (κ2) is 4.72. The van der Waals surface area contributed by atoms with Gasteiger partial charge in [-0.1, -0.05) is 22.0 Å². The zero-order chi connectivity index (χ0) is 11.6. The maximum atomic E-state index is 13.4. The van der Waals surface area contributed by atoms with E-state index in [-0.39, 0.29) is 12.0 Å². The van der Waals surface area contributed by atoms with Gasteiger partial charge in [0.25, 0.3) is 0 Å². The zero-order valence-electron chi connectivity index (χ0n) is 8.13. The number of benzene rings is 1. The van der Waals surface area contributed by atoms with Crippen LogP contribution in [0, 0.1) is 12.7 Å². The Labute approximate surface area is 95.2 Å². The van der Waals surface area contributed by atoms with Crippen molar-refractivity contribution in [2.45, 2.75) is 19.4 Å². The van der Waals surface area contributed by atoms with Crippen LogP contribution >= 0.6 is 15.9 Å². The molecule has 1 unspecified atom stereocenters. The molecule has 1 atom stereocenters. The molecule has 0 heterocycles. The normalized spacial score (nSPS) is 12.5. The Balaban J connectivity index is 3.12. The molecular formula is C10H11BrFNO2. The van der Waals surface area contributed by atoms with Gasteiger partial charge in [0.15, 0.2) is 0 Å². The van der Waals surface area contributed by atoms with Gasteiger partial charge in [0.1, 0.15) is 5.82 Å². The Morgan fingerprint density at radius 2 is 2.27 bits per heavy atom. The molecule has 0 aliphatic carbocycles. The van der Waals surface area contributed by atoms with Crippen molar-refractivity contribution in [2.24, 2.45) is 5.73 Å². The number of carboxylic acid groups (broad SMARTS) is 1. The van der Waals surface area contributed by atoms with E-state index in [1.165, 1.54) is 6.07 Å². The van der Waals surface area contributed by atoms with Crippen molar-refractivity contribution in [3.63, 3.8) is 0 Å². The first-order valence-corrected chi connectivity index (χ1v) is 5.14. The maximum absolute atomic E-state index is 13.4. The Hall–Kier alpha value is -0.940. The average Bonchev–Trinajstić information content (AvgIpc) is 2.11. The van der Waals surface area contributed by atoms with Crippen molar-refractivity contribution in [1.29, 1.82) is 0 Å². The Kier molecular flexibility index (Phi) is 3.82. The standard InChI is InChI=1S/C10H11BrFNO2/c1-5-2-3-6(12)9(10(5)11)7(13)4-8(14)15/h2-3,7H,4,13H2,1H3,(H,14,15). The minimum absolute atomic E-state index is 0.220. The fraction of sp³-hybridized carbons (Fsp3) is 0.300. The molecule has 5 heteroatoms. The van der Waals surface area contributed by atoms with Crippen molar-refractivity contribution in [3.8, 4) is 0 Å². The number of aliphatic carboxylic acids is 1. The molecule has 1 aromatic rings. The number of rotatable bonds is 3. The van der Waals surface area contributed by atoms with Gasteiger partial charge in [-0.2, -0.15) is 0 Å². The van der Waals surface area contributed by atoms with E-state index in [0.717, 1.165) is 5.56 Å². The number of carbonyl (C=O) groups is 1. The molecule has 0 amide bonds. The van der Waals surface area contributed by atoms with Crippen LogP contribution in [0.15, 0.2) is 16.6 Å². The van der Waals surface area contributed by atoms with E-state index in [0.29, 0.717) is 4.47 Å². The number of nitrogens with two attached hydrogens (primary N) is 1. The lowest BCUT2D eigenvalue weighted by atomic mass is 10.0. The second-order valence-corrected chi connectivity index (χ2v) is 4.09. The quantitative estimate of drug-likeness (QED) is 0.890. The van der Waals surface area contributed by atoms with E-state index in [9.17, 15) is 9.18 Å². The lowest BCUT2D eigenvalue weighted by molar-refractivity contribution is -0.137. The van der Waals surface area contributed by atoms with Gasteiger partial charge in [-0.05, 0) is 18.6 Å². The number of hydrogen-bond acceptors (Lipinski definition) is 2. The number of halogens is 2. The van der Waals surface area contributed by atoms with Crippen LogP contribution in [0.1, 0.15) is 23.6 Å². The van der Waals surface area contributed by atoms with E-state index in [1.807, 2.05) is 0 Å². The molecule has 3 nitrogen and oxygen atoms in total. The zero-order valence-corrected chi connectivity index (χ0v) is 9.71. The molecule has 15 heavy (non-hydrogen) atoms. The van der Waals surface area contributed by atoms with E-state index in [2.05, 4.69) is 15.9 Å². The molecule has 0 aromatic heterocycles. The van der Waals surface area contributed by atoms with Gasteiger partial charge >= 0.3 is 5.97 Å². The molecule has 82 valence electrons. The Morgan fingerprint density at radius 1 is 1.67 bits per heavy atom. The summed E-state index contributed by atoms with van der Waals surface area (Å²) in [6.45, 7) is 1.79. The summed E-state index contributed by atoms with van der Waals surface area (Å²) in [6.07, 6.45) is -0.293. The summed E-state index contributed by atoms with van der Waals surface area (Å²) in [5.41, 5.74) is 6.66. The highest BCUT2D eigenvalue weighted by Crippen LogP contribution is 2.29. The summed E-state index contributed by atoms with van der Waals surface area (Å²) in [7, 11) is 0. The fourth-order valence-corrected chi connectivity index (χ4v) is 1.92. The maximum Gasteiger partial charge on any atom is 0.305 e. The van der Waals surface area contributed by atoms with Crippen LogP contribution < -0.4 is 5.73 Å². The molecule has 0 saturated carbocycles. The molecule has 1 rings (SSSR count). The van der Waals surface area contributed by atoms with Gasteiger partial charge in [0, 0.05) is 16.1 Å². The average molecular weight is 276 g/mol. The third kappa shape index (κ3) is 2.76. The second-order valence-electron chi connectivity index (χ2n) is 3.30. The molecule has 1 aromatic carbocycles. The van der Waals surface area contributed by atoms with E-state index < -0.39 is 17.8 Å². The van der Waals surface area contributed by atoms with Crippen LogP contribution in [0.5, 0.6) is 0 Å². The minimum atomic E-state index is -1.05. The number of carboxylic acids is 1. The monoisotopic (exact) mass is 275 g/mol. The van der Waals surface area contributed by atoms with E-state index in [1.54, 1.807) is 13.0 Å². The highest BCUT2D eigenvalue weighted by Gasteiger charge is 2.18. The van der Waals surface area contributed by atoms with E-state index in [4.69, 9.17) is 10.8 Å². The molecular weight excluding hydrogens is 265 g/mol. The Bertz CT molecular complexity index is 395. The molecule has 0 aliphatic rings. The van der Waals surface area contributed by atoms with Gasteiger partial charge in [0.05, 0.1) is 6.42 Å². The SMILES string of the molecule is Cc1ccc(F)c(C(N)CC(=O)O)c1Br. The van der Waals surface area contributed by atoms with Crippen molar-refractivity contribution in [1.82, 2.24) is 0 Å². The summed E-state index contributed by atoms with van der Waals surface area (Å²) >= 11 is 3.21. The molecule has 0 fully saturated rings. The van der Waals surface area contributed by atoms with Crippen molar-refractivity contribution in [2.75, 3.05) is 0 Å². The van der Waals surface area contributed by atoms with Crippen LogP contribution in [0.3, 0.4) is 0 Å². The predicted octanol–water partition coefficient (Wildman–Crippen LogP) is 2.37. The van der Waals surface area contributed by atoms with Crippen LogP contribution in [-0.4, -0.2) is 11.1 Å². The molecule has 0 bridgehead atoms. The minimum Gasteiger partial charge on any atom is -0.481 e. The highest BCUT2D eigenvalue weighted by atomic mass is 79.9. The first-order valence-electron chi connectivity index (χ1n) is 4.35. The van der Waals surface area contributed by atoms with Crippen LogP contribution in [0.2, 0.25) is 0 Å². The number of hydrogen-bond donors (Lipinski definition) is 2.